The minimum absolute atomic E-state index is 0.0724. The summed E-state index contributed by atoms with van der Waals surface area (Å²) < 4.78 is 46.4. The highest BCUT2D eigenvalue weighted by molar-refractivity contribution is 6.00. The number of rotatable bonds is 4. The molecule has 6 rings (SSSR count). The van der Waals surface area contributed by atoms with E-state index in [0.29, 0.717) is 32.7 Å². The first-order valence-corrected chi connectivity index (χ1v) is 13.5. The Morgan fingerprint density at radius 1 is 1.08 bits per heavy atom. The summed E-state index contributed by atoms with van der Waals surface area (Å²) in [6.07, 6.45) is 1.46. The number of nitrogens with one attached hydrogen (secondary N) is 1. The van der Waals surface area contributed by atoms with Crippen molar-refractivity contribution in [3.63, 3.8) is 0 Å². The van der Waals surface area contributed by atoms with Crippen LogP contribution in [0.5, 0.6) is 0 Å². The van der Waals surface area contributed by atoms with Gasteiger partial charge in [-0.1, -0.05) is 6.07 Å². The van der Waals surface area contributed by atoms with Crippen LogP contribution in [-0.4, -0.2) is 66.9 Å². The molecule has 1 aromatic heterocycles. The Hall–Kier alpha value is -2.85. The number of fused-ring (bicyclic) bond motifs is 2. The number of aromatic nitrogens is 1. The number of amides is 1. The molecule has 10 heteroatoms. The Morgan fingerprint density at radius 3 is 2.47 bits per heavy atom. The monoisotopic (exact) mass is 529 g/mol. The maximum absolute atomic E-state index is 13.9. The maximum Gasteiger partial charge on any atom is 0.406 e. The van der Waals surface area contributed by atoms with Crippen molar-refractivity contribution >= 4 is 28.8 Å². The van der Waals surface area contributed by atoms with Gasteiger partial charge in [-0.15, -0.1) is 0 Å². The molecule has 1 amide bonds. The molecule has 2 saturated carbocycles. The Morgan fingerprint density at radius 2 is 1.82 bits per heavy atom. The summed E-state index contributed by atoms with van der Waals surface area (Å²) in [5.74, 6) is 0.759. The molecule has 2 aromatic rings. The molecule has 0 radical (unpaired) electrons. The zero-order valence-electron chi connectivity index (χ0n) is 21.6. The zero-order valence-corrected chi connectivity index (χ0v) is 21.6. The van der Waals surface area contributed by atoms with Crippen LogP contribution in [0.15, 0.2) is 36.5 Å². The fourth-order valence-electron chi connectivity index (χ4n) is 6.36. The van der Waals surface area contributed by atoms with Gasteiger partial charge in [0.2, 0.25) is 5.91 Å². The van der Waals surface area contributed by atoms with E-state index in [2.05, 4.69) is 15.2 Å². The fraction of sp³-hybridized carbons (Fsp3) is 0.571. The Bertz CT molecular complexity index is 1190. The van der Waals surface area contributed by atoms with E-state index >= 15 is 0 Å². The number of methoxy groups -OCH3 is 1. The third-order valence-electron chi connectivity index (χ3n) is 8.87. The maximum atomic E-state index is 13.9. The largest absolute Gasteiger partial charge is 0.406 e. The molecule has 3 fully saturated rings. The summed E-state index contributed by atoms with van der Waals surface area (Å²) in [7, 11) is 1.72. The third-order valence-corrected chi connectivity index (χ3v) is 8.87. The molecule has 0 unspecified atom stereocenters. The predicted molar refractivity (Wildman–Crippen MR) is 140 cm³/mol. The van der Waals surface area contributed by atoms with Gasteiger partial charge in [-0.3, -0.25) is 9.69 Å². The van der Waals surface area contributed by atoms with Crippen molar-refractivity contribution < 1.29 is 22.7 Å². The molecular weight excluding hydrogens is 495 g/mol. The van der Waals surface area contributed by atoms with Crippen molar-refractivity contribution in [3.05, 3.63) is 42.1 Å². The average molecular weight is 530 g/mol. The van der Waals surface area contributed by atoms with E-state index in [1.54, 1.807) is 18.2 Å². The lowest BCUT2D eigenvalue weighted by Crippen LogP contribution is -2.56. The molecule has 38 heavy (non-hydrogen) atoms. The highest BCUT2D eigenvalue weighted by atomic mass is 19.4. The predicted octanol–water partition coefficient (Wildman–Crippen LogP) is 5.09. The molecule has 204 valence electrons. The van der Waals surface area contributed by atoms with Crippen molar-refractivity contribution in [1.29, 1.82) is 0 Å². The summed E-state index contributed by atoms with van der Waals surface area (Å²) >= 11 is 0. The van der Waals surface area contributed by atoms with Gasteiger partial charge >= 0.3 is 6.18 Å². The van der Waals surface area contributed by atoms with Gasteiger partial charge in [0.05, 0.1) is 24.0 Å². The first kappa shape index (κ1) is 25.4. The second-order valence-electron chi connectivity index (χ2n) is 11.0. The van der Waals surface area contributed by atoms with Crippen LogP contribution < -0.4 is 15.1 Å². The van der Waals surface area contributed by atoms with E-state index in [1.165, 1.54) is 0 Å². The topological polar surface area (TPSA) is 60.9 Å². The first-order valence-electron chi connectivity index (χ1n) is 13.5. The van der Waals surface area contributed by atoms with Gasteiger partial charge in [-0.05, 0) is 62.8 Å². The van der Waals surface area contributed by atoms with Crippen LogP contribution in [0, 0.1) is 5.92 Å². The van der Waals surface area contributed by atoms with Gasteiger partial charge in [-0.25, -0.2) is 4.98 Å². The number of alkyl halides is 3. The van der Waals surface area contributed by atoms with Gasteiger partial charge in [0.1, 0.15) is 11.4 Å². The van der Waals surface area contributed by atoms with Crippen molar-refractivity contribution in [3.8, 4) is 0 Å². The van der Waals surface area contributed by atoms with Gasteiger partial charge in [0.15, 0.2) is 0 Å². The molecule has 1 saturated heterocycles. The van der Waals surface area contributed by atoms with Gasteiger partial charge < -0.3 is 19.9 Å². The number of piperazine rings is 1. The highest BCUT2D eigenvalue weighted by Gasteiger charge is 2.66. The van der Waals surface area contributed by atoms with Crippen molar-refractivity contribution in [2.45, 2.75) is 62.9 Å². The van der Waals surface area contributed by atoms with Crippen LogP contribution in [0.25, 0.3) is 0 Å². The third kappa shape index (κ3) is 4.51. The Labute approximate surface area is 220 Å². The summed E-state index contributed by atoms with van der Waals surface area (Å²) in [5, 5.41) is 3.41. The molecule has 7 nitrogen and oxygen atoms in total. The van der Waals surface area contributed by atoms with Crippen LogP contribution in [-0.2, 0) is 16.1 Å². The van der Waals surface area contributed by atoms with E-state index in [1.807, 2.05) is 35.2 Å². The molecule has 0 atom stereocenters. The van der Waals surface area contributed by atoms with Gasteiger partial charge in [0.25, 0.3) is 0 Å². The molecule has 0 spiro atoms. The van der Waals surface area contributed by atoms with Gasteiger partial charge in [-0.2, -0.15) is 13.2 Å². The molecule has 0 bridgehead atoms. The second-order valence-corrected chi connectivity index (χ2v) is 11.0. The number of hydrogen-bond donors (Lipinski definition) is 1. The molecule has 4 aliphatic rings. The van der Waals surface area contributed by atoms with Crippen molar-refractivity contribution in [1.82, 2.24) is 9.88 Å². The summed E-state index contributed by atoms with van der Waals surface area (Å²) in [4.78, 5) is 24.0. The smallest absolute Gasteiger partial charge is 0.381 e. The SMILES string of the molecule is CO[C@H]1CC[C@@H](C(=O)N2Cc3cccnc3Nc3ccc(N4CCN(C5(C(F)(F)F)CC5)CC4)cc32)CC1. The van der Waals surface area contributed by atoms with Crippen LogP contribution in [0.4, 0.5) is 36.1 Å². The first-order chi connectivity index (χ1) is 18.3. The quantitative estimate of drug-likeness (QED) is 0.595. The molecular formula is C28H34F3N5O2. The number of anilines is 4. The van der Waals surface area contributed by atoms with E-state index < -0.39 is 11.7 Å². The highest BCUT2D eigenvalue weighted by Crippen LogP contribution is 2.53. The average Bonchev–Trinajstić information content (AvgIpc) is 3.76. The molecule has 3 heterocycles. The molecule has 2 aliphatic heterocycles. The molecule has 2 aliphatic carbocycles. The van der Waals surface area contributed by atoms with Crippen LogP contribution >= 0.6 is 0 Å². The lowest BCUT2D eigenvalue weighted by molar-refractivity contribution is -0.197. The Balaban J connectivity index is 1.25. The number of pyridine rings is 1. The van der Waals surface area contributed by atoms with Gasteiger partial charge in [0, 0.05) is 56.7 Å². The number of hydrogen-bond acceptors (Lipinski definition) is 6. The van der Waals surface area contributed by atoms with Crippen molar-refractivity contribution in [2.75, 3.05) is 48.4 Å². The lowest BCUT2D eigenvalue weighted by atomic mass is 9.86. The standard InChI is InChI=1S/C28H34F3N5O2/c1-38-22-7-4-19(5-8-22)26(37)36-18-20-3-2-12-32-25(20)33-23-9-6-21(17-24(23)36)34-13-15-35(16-14-34)27(10-11-27)28(29,30)31/h2-3,6,9,12,17,19,22H,4-5,7-8,10-11,13-16,18H2,1H3,(H,32,33)/t19-,22+. The van der Waals surface area contributed by atoms with Crippen LogP contribution in [0.2, 0.25) is 0 Å². The molecule has 1 N–H and O–H groups in total. The number of nitrogens with zero attached hydrogens (tertiary/aromatic N) is 4. The normalized spacial score (nSPS) is 25.2. The zero-order chi connectivity index (χ0) is 26.5. The number of halogens is 3. The summed E-state index contributed by atoms with van der Waals surface area (Å²) in [6, 6.07) is 9.82. The fourth-order valence-corrected chi connectivity index (χ4v) is 6.36. The number of carbonyl (C=O) groups excluding carboxylic acids is 1. The van der Waals surface area contributed by atoms with Crippen LogP contribution in [0.3, 0.4) is 0 Å². The van der Waals surface area contributed by atoms with E-state index in [9.17, 15) is 18.0 Å². The number of benzene rings is 1. The lowest BCUT2D eigenvalue weighted by Gasteiger charge is -2.41. The minimum atomic E-state index is -4.18. The van der Waals surface area contributed by atoms with E-state index in [-0.39, 0.29) is 30.8 Å². The summed E-state index contributed by atoms with van der Waals surface area (Å²) in [5.41, 5.74) is 1.83. The van der Waals surface area contributed by atoms with E-state index in [0.717, 1.165) is 54.1 Å². The van der Waals surface area contributed by atoms with E-state index in [4.69, 9.17) is 4.74 Å². The second kappa shape index (κ2) is 9.72. The van der Waals surface area contributed by atoms with Crippen LogP contribution in [0.1, 0.15) is 44.1 Å². The molecule has 1 aromatic carbocycles. The summed E-state index contributed by atoms with van der Waals surface area (Å²) in [6.45, 7) is 2.18. The van der Waals surface area contributed by atoms with Crippen molar-refractivity contribution in [2.24, 2.45) is 5.92 Å². The Kier molecular flexibility index (Phi) is 6.50. The number of carbonyl (C=O) groups is 1. The number of ether oxygens (including phenoxy) is 1. The minimum Gasteiger partial charge on any atom is -0.381 e.